The molecule has 0 aliphatic carbocycles. The van der Waals surface area contributed by atoms with Gasteiger partial charge in [0.2, 0.25) is 0 Å². The minimum atomic E-state index is 1.13. The molecule has 0 aliphatic heterocycles. The highest BCUT2D eigenvalue weighted by Crippen LogP contribution is 2.23. The number of thiophene rings is 1. The molecule has 0 bridgehead atoms. The van der Waals surface area contributed by atoms with Crippen LogP contribution < -0.4 is 0 Å². The molecule has 0 fully saturated rings. The molecule has 12 heavy (non-hydrogen) atoms. The molecule has 0 radical (unpaired) electrons. The molecule has 0 aliphatic rings. The zero-order chi connectivity index (χ0) is 8.97. The largest absolute Gasteiger partial charge is 0.141 e. The maximum absolute atomic E-state index is 3.65. The van der Waals surface area contributed by atoms with Gasteiger partial charge in [-0.1, -0.05) is 25.7 Å². The smallest absolute Gasteiger partial charge is 0.0302 e. The molecule has 0 atom stereocenters. The molecule has 0 saturated heterocycles. The molecule has 1 heterocycles. The lowest BCUT2D eigenvalue weighted by Crippen LogP contribution is -1.66. The molecule has 0 N–H and O–H groups in total. The first kappa shape index (κ1) is 9.27. The summed E-state index contributed by atoms with van der Waals surface area (Å²) in [5.41, 5.74) is 1.37. The molecule has 0 spiro atoms. The Bertz CT molecular complexity index is 292. The topological polar surface area (TPSA) is 0 Å². The van der Waals surface area contributed by atoms with Crippen molar-refractivity contribution in [2.75, 3.05) is 0 Å². The standard InChI is InChI=1S/C11H14S/c1-4-6-7-11-9(3)8-10(5-2)12-11/h4,6-8H,1,5H2,2-3H3/b7-6-. The van der Waals surface area contributed by atoms with E-state index in [1.54, 1.807) is 0 Å². The molecule has 1 rings (SSSR count). The Labute approximate surface area is 78.2 Å². The van der Waals surface area contributed by atoms with Crippen LogP contribution in [0.15, 0.2) is 24.8 Å². The lowest BCUT2D eigenvalue weighted by molar-refractivity contribution is 1.18. The van der Waals surface area contributed by atoms with Gasteiger partial charge in [-0.2, -0.15) is 0 Å². The van der Waals surface area contributed by atoms with Crippen LogP contribution in [-0.2, 0) is 6.42 Å². The minimum Gasteiger partial charge on any atom is -0.141 e. The van der Waals surface area contributed by atoms with Crippen LogP contribution in [0.4, 0.5) is 0 Å². The van der Waals surface area contributed by atoms with Crippen molar-refractivity contribution in [3.63, 3.8) is 0 Å². The summed E-state index contributed by atoms with van der Waals surface area (Å²) in [6.07, 6.45) is 7.04. The number of hydrogen-bond acceptors (Lipinski definition) is 1. The molecular weight excluding hydrogens is 164 g/mol. The second-order valence-corrected chi connectivity index (χ2v) is 3.88. The van der Waals surface area contributed by atoms with Crippen LogP contribution in [-0.4, -0.2) is 0 Å². The average molecular weight is 178 g/mol. The summed E-state index contributed by atoms with van der Waals surface area (Å²) in [6.45, 7) is 7.99. The van der Waals surface area contributed by atoms with Gasteiger partial charge in [-0.25, -0.2) is 0 Å². The Hall–Kier alpha value is -0.820. The van der Waals surface area contributed by atoms with Crippen LogP contribution in [0.5, 0.6) is 0 Å². The van der Waals surface area contributed by atoms with E-state index < -0.39 is 0 Å². The van der Waals surface area contributed by atoms with Gasteiger partial charge in [-0.3, -0.25) is 0 Å². The van der Waals surface area contributed by atoms with Gasteiger partial charge in [0, 0.05) is 9.75 Å². The fourth-order valence-corrected chi connectivity index (χ4v) is 2.09. The molecule has 1 aromatic rings. The van der Waals surface area contributed by atoms with Gasteiger partial charge in [0.05, 0.1) is 0 Å². The van der Waals surface area contributed by atoms with E-state index in [0.29, 0.717) is 0 Å². The highest BCUT2D eigenvalue weighted by Gasteiger charge is 1.99. The molecule has 1 heteroatoms. The van der Waals surface area contributed by atoms with Crippen molar-refractivity contribution >= 4 is 17.4 Å². The Morgan fingerprint density at radius 3 is 2.83 bits per heavy atom. The normalized spacial score (nSPS) is 10.8. The van der Waals surface area contributed by atoms with Crippen LogP contribution in [0.25, 0.3) is 6.08 Å². The van der Waals surface area contributed by atoms with Crippen molar-refractivity contribution in [1.29, 1.82) is 0 Å². The molecular formula is C11H14S. The lowest BCUT2D eigenvalue weighted by atomic mass is 10.2. The Kier molecular flexibility index (Phi) is 3.30. The summed E-state index contributed by atoms with van der Waals surface area (Å²) in [5, 5.41) is 0. The first-order chi connectivity index (χ1) is 5.77. The average Bonchev–Trinajstić information content (AvgIpc) is 2.43. The van der Waals surface area contributed by atoms with Crippen molar-refractivity contribution in [1.82, 2.24) is 0 Å². The van der Waals surface area contributed by atoms with Crippen LogP contribution in [0.3, 0.4) is 0 Å². The Morgan fingerprint density at radius 1 is 1.58 bits per heavy atom. The Balaban J connectivity index is 2.91. The van der Waals surface area contributed by atoms with Gasteiger partial charge in [0.15, 0.2) is 0 Å². The quantitative estimate of drug-likeness (QED) is 0.617. The molecule has 64 valence electrons. The van der Waals surface area contributed by atoms with E-state index >= 15 is 0 Å². The second-order valence-electron chi connectivity index (χ2n) is 2.71. The monoisotopic (exact) mass is 178 g/mol. The Morgan fingerprint density at radius 2 is 2.33 bits per heavy atom. The summed E-state index contributed by atoms with van der Waals surface area (Å²) in [4.78, 5) is 2.81. The van der Waals surface area contributed by atoms with Gasteiger partial charge in [0.1, 0.15) is 0 Å². The van der Waals surface area contributed by atoms with E-state index in [4.69, 9.17) is 0 Å². The van der Waals surface area contributed by atoms with Crippen LogP contribution in [0.1, 0.15) is 22.2 Å². The fraction of sp³-hybridized carbons (Fsp3) is 0.273. The zero-order valence-corrected chi connectivity index (χ0v) is 8.45. The van der Waals surface area contributed by atoms with Crippen molar-refractivity contribution in [2.24, 2.45) is 0 Å². The second kappa shape index (κ2) is 4.27. The van der Waals surface area contributed by atoms with Gasteiger partial charge in [-0.15, -0.1) is 11.3 Å². The van der Waals surface area contributed by atoms with Crippen LogP contribution in [0.2, 0.25) is 0 Å². The summed E-state index contributed by atoms with van der Waals surface area (Å²) < 4.78 is 0. The number of rotatable bonds is 3. The molecule has 0 aromatic carbocycles. The molecule has 0 unspecified atom stereocenters. The SMILES string of the molecule is C=C/C=C\c1sc(CC)cc1C. The summed E-state index contributed by atoms with van der Waals surface area (Å²) in [6, 6.07) is 2.26. The van der Waals surface area contributed by atoms with E-state index in [-0.39, 0.29) is 0 Å². The first-order valence-corrected chi connectivity index (χ1v) is 4.98. The van der Waals surface area contributed by atoms with E-state index in [9.17, 15) is 0 Å². The molecule has 0 amide bonds. The van der Waals surface area contributed by atoms with Crippen molar-refractivity contribution in [3.05, 3.63) is 40.1 Å². The zero-order valence-electron chi connectivity index (χ0n) is 7.63. The third-order valence-electron chi connectivity index (χ3n) is 1.74. The first-order valence-electron chi connectivity index (χ1n) is 4.16. The third kappa shape index (κ3) is 2.08. The van der Waals surface area contributed by atoms with Gasteiger partial charge in [-0.05, 0) is 31.1 Å². The van der Waals surface area contributed by atoms with E-state index in [0.717, 1.165) is 6.42 Å². The lowest BCUT2D eigenvalue weighted by Gasteiger charge is -1.85. The maximum atomic E-state index is 3.65. The van der Waals surface area contributed by atoms with Gasteiger partial charge < -0.3 is 0 Å². The van der Waals surface area contributed by atoms with E-state index in [1.165, 1.54) is 15.3 Å². The van der Waals surface area contributed by atoms with Crippen molar-refractivity contribution in [3.8, 4) is 0 Å². The number of aryl methyl sites for hydroxylation is 2. The maximum Gasteiger partial charge on any atom is 0.0302 e. The van der Waals surface area contributed by atoms with Crippen LogP contribution >= 0.6 is 11.3 Å². The van der Waals surface area contributed by atoms with E-state index in [2.05, 4.69) is 32.6 Å². The number of hydrogen-bond donors (Lipinski definition) is 0. The van der Waals surface area contributed by atoms with Crippen molar-refractivity contribution in [2.45, 2.75) is 20.3 Å². The summed E-state index contributed by atoms with van der Waals surface area (Å²) in [7, 11) is 0. The number of allylic oxidation sites excluding steroid dienone is 2. The van der Waals surface area contributed by atoms with E-state index in [1.807, 2.05) is 23.5 Å². The van der Waals surface area contributed by atoms with Gasteiger partial charge in [0.25, 0.3) is 0 Å². The van der Waals surface area contributed by atoms with Crippen LogP contribution in [0, 0.1) is 6.92 Å². The minimum absolute atomic E-state index is 1.13. The van der Waals surface area contributed by atoms with Gasteiger partial charge >= 0.3 is 0 Å². The highest BCUT2D eigenvalue weighted by molar-refractivity contribution is 7.13. The summed E-state index contributed by atoms with van der Waals surface area (Å²) in [5.74, 6) is 0. The molecule has 0 saturated carbocycles. The summed E-state index contributed by atoms with van der Waals surface area (Å²) >= 11 is 1.86. The van der Waals surface area contributed by atoms with Crippen molar-refractivity contribution < 1.29 is 0 Å². The fourth-order valence-electron chi connectivity index (χ4n) is 1.06. The third-order valence-corrected chi connectivity index (χ3v) is 3.09. The highest BCUT2D eigenvalue weighted by atomic mass is 32.1. The molecule has 1 aromatic heterocycles. The predicted octanol–water partition coefficient (Wildman–Crippen LogP) is 3.82. The molecule has 0 nitrogen and oxygen atoms in total. The predicted molar refractivity (Wildman–Crippen MR) is 57.7 cm³/mol.